The van der Waals surface area contributed by atoms with Crippen molar-refractivity contribution in [3.63, 3.8) is 0 Å². The van der Waals surface area contributed by atoms with Crippen LogP contribution in [0.2, 0.25) is 0 Å². The maximum Gasteiger partial charge on any atom is 0.417 e. The van der Waals surface area contributed by atoms with Crippen LogP contribution >= 0.6 is 0 Å². The van der Waals surface area contributed by atoms with E-state index in [1.165, 1.54) is 12.1 Å². The van der Waals surface area contributed by atoms with Gasteiger partial charge in [0.1, 0.15) is 0 Å². The summed E-state index contributed by atoms with van der Waals surface area (Å²) in [6.07, 6.45) is -3.37. The minimum Gasteiger partial charge on any atom is -0.166 e. The van der Waals surface area contributed by atoms with Crippen LogP contribution in [-0.4, -0.2) is 0 Å². The maximum absolute atomic E-state index is 14.9. The predicted octanol–water partition coefficient (Wildman–Crippen LogP) is 12.0. The lowest BCUT2D eigenvalue weighted by Gasteiger charge is -2.23. The minimum absolute atomic E-state index is 0.0817. The van der Waals surface area contributed by atoms with E-state index in [0.717, 1.165) is 23.3 Å². The molecular formula is C38H24F6. The molecule has 0 fully saturated rings. The molecule has 0 saturated carbocycles. The predicted molar refractivity (Wildman–Crippen MR) is 168 cm³/mol. The van der Waals surface area contributed by atoms with Gasteiger partial charge in [-0.2, -0.15) is 26.3 Å². The number of halogens is 6. The quantitative estimate of drug-likeness (QED) is 0.138. The van der Waals surface area contributed by atoms with Crippen molar-refractivity contribution in [1.82, 2.24) is 0 Å². The molecule has 0 unspecified atom stereocenters. The summed E-state index contributed by atoms with van der Waals surface area (Å²) in [4.78, 5) is 0. The van der Waals surface area contributed by atoms with Gasteiger partial charge in [-0.1, -0.05) is 133 Å². The molecule has 0 saturated heterocycles. The first-order valence-corrected chi connectivity index (χ1v) is 13.8. The summed E-state index contributed by atoms with van der Waals surface area (Å²) in [6, 6.07) is 32.7. The van der Waals surface area contributed by atoms with Crippen molar-refractivity contribution < 1.29 is 26.3 Å². The fraction of sp³-hybridized carbons (Fsp3) is 0.0526. The van der Waals surface area contributed by atoms with E-state index in [9.17, 15) is 26.3 Å². The molecule has 0 amide bonds. The molecule has 0 aromatic heterocycles. The number of hydrogen-bond acceptors (Lipinski definition) is 0. The first kappa shape index (κ1) is 29.0. The van der Waals surface area contributed by atoms with Crippen molar-refractivity contribution in [2.75, 3.05) is 0 Å². The minimum atomic E-state index is -4.94. The molecule has 6 rings (SSSR count). The SMILES string of the molecule is FC(F)(F)c1cc(/C=C/c2ccccc2)c2ccccc2c1-c1c(C(F)(F)F)cc(/C=C/c2ccccc2)c2ccccc12. The number of fused-ring (bicyclic) bond motifs is 2. The Morgan fingerprint density at radius 3 is 1.02 bits per heavy atom. The summed E-state index contributed by atoms with van der Waals surface area (Å²) < 4.78 is 89.4. The zero-order valence-electron chi connectivity index (χ0n) is 23.1. The zero-order valence-corrected chi connectivity index (χ0v) is 23.1. The van der Waals surface area contributed by atoms with Crippen LogP contribution in [0.4, 0.5) is 26.3 Å². The lowest BCUT2D eigenvalue weighted by atomic mass is 9.83. The Morgan fingerprint density at radius 2 is 0.682 bits per heavy atom. The number of hydrogen-bond donors (Lipinski definition) is 0. The van der Waals surface area contributed by atoms with Gasteiger partial charge < -0.3 is 0 Å². The van der Waals surface area contributed by atoms with Gasteiger partial charge in [-0.15, -0.1) is 0 Å². The molecule has 0 atom stereocenters. The third kappa shape index (κ3) is 5.76. The van der Waals surface area contributed by atoms with E-state index in [0.29, 0.717) is 10.8 Å². The normalized spacial score (nSPS) is 12.6. The Balaban J connectivity index is 1.69. The van der Waals surface area contributed by atoms with Crippen LogP contribution in [0.25, 0.3) is 57.0 Å². The standard InChI is InChI=1S/C38H24F6/c39-37(40,41)33-23-27(21-19-25-11-3-1-4-12-25)29-15-7-9-17-31(29)35(33)36-32-18-10-8-16-30(32)28(24-34(36)38(42,43)44)22-20-26-13-5-2-6-14-26/h1-24H/b21-19+,22-20+. The van der Waals surface area contributed by atoms with Crippen LogP contribution in [0, 0.1) is 0 Å². The molecule has 6 aromatic rings. The lowest BCUT2D eigenvalue weighted by molar-refractivity contribution is -0.139. The summed E-state index contributed by atoms with van der Waals surface area (Å²) in [5, 5.41) is 0.984. The highest BCUT2D eigenvalue weighted by atomic mass is 19.4. The molecule has 44 heavy (non-hydrogen) atoms. The van der Waals surface area contributed by atoms with Crippen molar-refractivity contribution in [1.29, 1.82) is 0 Å². The Hall–Kier alpha value is -5.10. The Morgan fingerprint density at radius 1 is 0.364 bits per heavy atom. The summed E-state index contributed by atoms with van der Waals surface area (Å²) in [6.45, 7) is 0. The van der Waals surface area contributed by atoms with Crippen molar-refractivity contribution in [3.8, 4) is 11.1 Å². The highest BCUT2D eigenvalue weighted by Gasteiger charge is 2.40. The van der Waals surface area contributed by atoms with Gasteiger partial charge in [-0.05, 0) is 55.9 Å². The second kappa shape index (κ2) is 11.5. The highest BCUT2D eigenvalue weighted by molar-refractivity contribution is 6.12. The number of benzene rings is 6. The fourth-order valence-electron chi connectivity index (χ4n) is 5.57. The van der Waals surface area contributed by atoms with Gasteiger partial charge in [0.25, 0.3) is 0 Å². The average Bonchev–Trinajstić information content (AvgIpc) is 3.02. The van der Waals surface area contributed by atoms with Crippen LogP contribution in [-0.2, 0) is 12.4 Å². The van der Waals surface area contributed by atoms with Gasteiger partial charge in [-0.3, -0.25) is 0 Å². The first-order valence-electron chi connectivity index (χ1n) is 13.8. The van der Waals surface area contributed by atoms with Crippen LogP contribution < -0.4 is 0 Å². The molecular weight excluding hydrogens is 570 g/mol. The second-order valence-electron chi connectivity index (χ2n) is 10.4. The largest absolute Gasteiger partial charge is 0.417 e. The summed E-state index contributed by atoms with van der Waals surface area (Å²) in [5.74, 6) is 0. The van der Waals surface area contributed by atoms with Gasteiger partial charge in [0.2, 0.25) is 0 Å². The zero-order chi connectivity index (χ0) is 30.9. The van der Waals surface area contributed by atoms with E-state index in [1.54, 1.807) is 60.7 Å². The first-order chi connectivity index (χ1) is 21.1. The molecule has 0 aliphatic heterocycles. The molecule has 0 radical (unpaired) electrons. The van der Waals surface area contributed by atoms with Crippen LogP contribution in [0.1, 0.15) is 33.4 Å². The molecule has 0 heterocycles. The summed E-state index contributed by atoms with van der Waals surface area (Å²) in [5.41, 5.74) is -1.20. The lowest BCUT2D eigenvalue weighted by Crippen LogP contribution is -2.13. The fourth-order valence-corrected chi connectivity index (χ4v) is 5.57. The van der Waals surface area contributed by atoms with Gasteiger partial charge in [0.15, 0.2) is 0 Å². The molecule has 218 valence electrons. The molecule has 0 nitrogen and oxygen atoms in total. The molecule has 6 aromatic carbocycles. The molecule has 0 aliphatic carbocycles. The third-order valence-electron chi connectivity index (χ3n) is 7.52. The molecule has 0 spiro atoms. The van der Waals surface area contributed by atoms with E-state index >= 15 is 0 Å². The van der Waals surface area contributed by atoms with Gasteiger partial charge in [0.05, 0.1) is 11.1 Å². The molecule has 6 heteroatoms. The van der Waals surface area contributed by atoms with E-state index in [-0.39, 0.29) is 21.9 Å². The van der Waals surface area contributed by atoms with E-state index in [2.05, 4.69) is 0 Å². The van der Waals surface area contributed by atoms with Crippen LogP contribution in [0.3, 0.4) is 0 Å². The molecule has 0 bridgehead atoms. The smallest absolute Gasteiger partial charge is 0.166 e. The Bertz CT molecular complexity index is 1870. The average molecular weight is 595 g/mol. The Labute approximate surface area is 250 Å². The van der Waals surface area contributed by atoms with E-state index in [1.807, 2.05) is 60.7 Å². The second-order valence-corrected chi connectivity index (χ2v) is 10.4. The van der Waals surface area contributed by atoms with E-state index in [4.69, 9.17) is 0 Å². The summed E-state index contributed by atoms with van der Waals surface area (Å²) in [7, 11) is 0. The van der Waals surface area contributed by atoms with Gasteiger partial charge >= 0.3 is 12.4 Å². The van der Waals surface area contributed by atoms with Crippen LogP contribution in [0.5, 0.6) is 0 Å². The Kier molecular flexibility index (Phi) is 7.60. The van der Waals surface area contributed by atoms with Crippen molar-refractivity contribution in [3.05, 3.63) is 155 Å². The topological polar surface area (TPSA) is 0 Å². The third-order valence-corrected chi connectivity index (χ3v) is 7.52. The molecule has 0 N–H and O–H groups in total. The monoisotopic (exact) mass is 594 g/mol. The van der Waals surface area contributed by atoms with Crippen LogP contribution in [0.15, 0.2) is 121 Å². The highest BCUT2D eigenvalue weighted by Crippen LogP contribution is 2.50. The van der Waals surface area contributed by atoms with Crippen molar-refractivity contribution >= 4 is 45.8 Å². The maximum atomic E-state index is 14.9. The van der Waals surface area contributed by atoms with Gasteiger partial charge in [0, 0.05) is 11.1 Å². The number of rotatable bonds is 5. The van der Waals surface area contributed by atoms with Crippen molar-refractivity contribution in [2.24, 2.45) is 0 Å². The van der Waals surface area contributed by atoms with E-state index < -0.39 is 34.6 Å². The molecule has 0 aliphatic rings. The van der Waals surface area contributed by atoms with Gasteiger partial charge in [-0.25, -0.2) is 0 Å². The number of alkyl halides is 6. The summed E-state index contributed by atoms with van der Waals surface area (Å²) >= 11 is 0. The van der Waals surface area contributed by atoms with Crippen molar-refractivity contribution in [2.45, 2.75) is 12.4 Å².